The van der Waals surface area contributed by atoms with E-state index in [9.17, 15) is 9.59 Å². The zero-order valence-electron chi connectivity index (χ0n) is 21.0. The molecule has 0 saturated heterocycles. The third kappa shape index (κ3) is 3.78. The molecule has 3 saturated carbocycles. The second-order valence-corrected chi connectivity index (χ2v) is 12.6. The number of Topliss-reactive ketones (excluding diaryl/α,β-unsaturated/α-hetero) is 1. The minimum Gasteiger partial charge on any atom is -0.295 e. The number of rotatable bonds is 6. The van der Waals surface area contributed by atoms with Gasteiger partial charge in [-0.1, -0.05) is 54.4 Å². The van der Waals surface area contributed by atoms with Crippen molar-refractivity contribution in [2.24, 2.45) is 52.3 Å². The molecule has 174 valence electrons. The summed E-state index contributed by atoms with van der Waals surface area (Å²) in [7, 11) is 0. The van der Waals surface area contributed by atoms with E-state index in [4.69, 9.17) is 0 Å². The molecule has 0 aromatic heterocycles. The van der Waals surface area contributed by atoms with Gasteiger partial charge in [0.15, 0.2) is 11.6 Å². The monoisotopic (exact) mass is 426 g/mol. The first-order valence-electron chi connectivity index (χ1n) is 13.4. The molecule has 0 radical (unpaired) electrons. The maximum Gasteiger partial charge on any atom is 0.159 e. The second kappa shape index (κ2) is 8.45. The summed E-state index contributed by atoms with van der Waals surface area (Å²) in [5.74, 6) is 5.55. The summed E-state index contributed by atoms with van der Waals surface area (Å²) < 4.78 is 0. The van der Waals surface area contributed by atoms with Gasteiger partial charge in [-0.2, -0.15) is 0 Å². The number of hydrogen-bond donors (Lipinski definition) is 0. The lowest BCUT2D eigenvalue weighted by Crippen LogP contribution is -2.53. The Morgan fingerprint density at radius 1 is 1.00 bits per heavy atom. The average molecular weight is 427 g/mol. The Kier molecular flexibility index (Phi) is 6.34. The molecule has 31 heavy (non-hydrogen) atoms. The molecule has 4 rings (SSSR count). The Labute approximate surface area is 191 Å². The van der Waals surface area contributed by atoms with Gasteiger partial charge >= 0.3 is 0 Å². The van der Waals surface area contributed by atoms with E-state index in [0.29, 0.717) is 41.8 Å². The smallest absolute Gasteiger partial charge is 0.159 e. The molecule has 0 bridgehead atoms. The summed E-state index contributed by atoms with van der Waals surface area (Å²) in [6.45, 7) is 14.5. The molecule has 3 fully saturated rings. The van der Waals surface area contributed by atoms with Crippen LogP contribution in [0.3, 0.4) is 0 Å². The lowest BCUT2D eigenvalue weighted by molar-refractivity contribution is -0.131. The van der Waals surface area contributed by atoms with Crippen LogP contribution in [0.25, 0.3) is 0 Å². The molecule has 2 heteroatoms. The van der Waals surface area contributed by atoms with Crippen molar-refractivity contribution in [1.82, 2.24) is 0 Å². The highest BCUT2D eigenvalue weighted by Gasteiger charge is 2.61. The van der Waals surface area contributed by atoms with Crippen molar-refractivity contribution in [2.45, 2.75) is 106 Å². The van der Waals surface area contributed by atoms with Crippen molar-refractivity contribution in [3.05, 3.63) is 11.6 Å². The number of carbonyl (C=O) groups is 2. The van der Waals surface area contributed by atoms with Crippen LogP contribution in [0, 0.1) is 52.3 Å². The maximum atomic E-state index is 13.2. The van der Waals surface area contributed by atoms with Gasteiger partial charge in [0, 0.05) is 18.4 Å². The van der Waals surface area contributed by atoms with Gasteiger partial charge in [-0.25, -0.2) is 0 Å². The van der Waals surface area contributed by atoms with E-state index < -0.39 is 0 Å². The van der Waals surface area contributed by atoms with Gasteiger partial charge in [0.1, 0.15) is 0 Å². The third-order valence-corrected chi connectivity index (χ3v) is 11.0. The van der Waals surface area contributed by atoms with Crippen LogP contribution in [0.4, 0.5) is 0 Å². The number of hydrogen-bond acceptors (Lipinski definition) is 2. The fraction of sp³-hybridized carbons (Fsp3) is 0.862. The van der Waals surface area contributed by atoms with Gasteiger partial charge in [-0.15, -0.1) is 0 Å². The largest absolute Gasteiger partial charge is 0.295 e. The van der Waals surface area contributed by atoms with E-state index >= 15 is 0 Å². The van der Waals surface area contributed by atoms with Gasteiger partial charge < -0.3 is 0 Å². The number of fused-ring (bicyclic) bond motifs is 5. The van der Waals surface area contributed by atoms with Crippen LogP contribution in [-0.4, -0.2) is 11.6 Å². The summed E-state index contributed by atoms with van der Waals surface area (Å²) in [6.07, 6.45) is 13.2. The SMILES string of the molecule is CC[C@H](CC[C@@H](C)[C@H]1CC[C@H]2[C@@H]3CC(=O)C4=CC(=O)CC[C@]4(C)[C@@H]3CC[C@]12C)C(C)C. The first-order valence-corrected chi connectivity index (χ1v) is 13.4. The first-order chi connectivity index (χ1) is 14.6. The Morgan fingerprint density at radius 2 is 1.74 bits per heavy atom. The lowest BCUT2D eigenvalue weighted by atomic mass is 9.46. The number of carbonyl (C=O) groups excluding carboxylic acids is 2. The molecule has 0 aromatic carbocycles. The fourth-order valence-corrected chi connectivity index (χ4v) is 9.05. The topological polar surface area (TPSA) is 34.1 Å². The summed E-state index contributed by atoms with van der Waals surface area (Å²) in [5.41, 5.74) is 1.24. The van der Waals surface area contributed by atoms with Crippen LogP contribution in [0.5, 0.6) is 0 Å². The van der Waals surface area contributed by atoms with Crippen LogP contribution in [-0.2, 0) is 9.59 Å². The standard InChI is InChI=1S/C29H46O2/c1-7-20(18(2)3)9-8-19(4)23-10-11-24-22-17-27(31)26-16-21(30)12-14-29(26,6)25(22)13-15-28(23,24)5/h16,18-20,22-25H,7-15,17H2,1-6H3/t19-,20-,22+,23-,24+,25-,28-,29-/m1/s1. The molecule has 0 spiro atoms. The van der Waals surface area contributed by atoms with E-state index in [1.807, 2.05) is 0 Å². The third-order valence-electron chi connectivity index (χ3n) is 11.0. The van der Waals surface area contributed by atoms with Crippen molar-refractivity contribution in [1.29, 1.82) is 0 Å². The lowest BCUT2D eigenvalue weighted by Gasteiger charge is -2.57. The Bertz CT molecular complexity index is 748. The fourth-order valence-electron chi connectivity index (χ4n) is 9.05. The highest BCUT2D eigenvalue weighted by molar-refractivity contribution is 6.05. The van der Waals surface area contributed by atoms with Crippen molar-refractivity contribution in [3.63, 3.8) is 0 Å². The Balaban J connectivity index is 1.52. The van der Waals surface area contributed by atoms with Crippen molar-refractivity contribution < 1.29 is 9.59 Å². The van der Waals surface area contributed by atoms with Gasteiger partial charge in [-0.05, 0) is 96.9 Å². The normalized spacial score (nSPS) is 42.0. The molecule has 4 aliphatic rings. The van der Waals surface area contributed by atoms with Crippen molar-refractivity contribution >= 4 is 11.6 Å². The van der Waals surface area contributed by atoms with Gasteiger partial charge in [0.25, 0.3) is 0 Å². The van der Waals surface area contributed by atoms with E-state index in [1.165, 1.54) is 44.9 Å². The van der Waals surface area contributed by atoms with Crippen molar-refractivity contribution in [2.75, 3.05) is 0 Å². The summed E-state index contributed by atoms with van der Waals surface area (Å²) in [4.78, 5) is 25.3. The molecule has 0 aliphatic heterocycles. The summed E-state index contributed by atoms with van der Waals surface area (Å²) >= 11 is 0. The molecule has 8 atom stereocenters. The predicted octanol–water partition coefficient (Wildman–Crippen LogP) is 7.41. The summed E-state index contributed by atoms with van der Waals surface area (Å²) in [6, 6.07) is 0. The second-order valence-electron chi connectivity index (χ2n) is 12.6. The van der Waals surface area contributed by atoms with Crippen LogP contribution < -0.4 is 0 Å². The molecule has 0 heterocycles. The first kappa shape index (κ1) is 23.2. The quantitative estimate of drug-likeness (QED) is 0.443. The van der Waals surface area contributed by atoms with Gasteiger partial charge in [-0.3, -0.25) is 9.59 Å². The molecule has 4 aliphatic carbocycles. The van der Waals surface area contributed by atoms with E-state index in [1.54, 1.807) is 6.08 Å². The summed E-state index contributed by atoms with van der Waals surface area (Å²) in [5, 5.41) is 0. The number of ketones is 2. The van der Waals surface area contributed by atoms with Gasteiger partial charge in [0.05, 0.1) is 0 Å². The highest BCUT2D eigenvalue weighted by atomic mass is 16.1. The Morgan fingerprint density at radius 3 is 2.42 bits per heavy atom. The van der Waals surface area contributed by atoms with Crippen LogP contribution in [0.1, 0.15) is 106 Å². The molecule has 0 unspecified atom stereocenters. The minimum atomic E-state index is -0.0510. The zero-order valence-corrected chi connectivity index (χ0v) is 21.0. The molecule has 0 amide bonds. The van der Waals surface area contributed by atoms with Gasteiger partial charge in [0.2, 0.25) is 0 Å². The zero-order chi connectivity index (χ0) is 22.6. The van der Waals surface area contributed by atoms with Crippen LogP contribution >= 0.6 is 0 Å². The molecule has 0 aromatic rings. The molecular weight excluding hydrogens is 380 g/mol. The molecular formula is C29H46O2. The van der Waals surface area contributed by atoms with E-state index in [-0.39, 0.29) is 11.2 Å². The van der Waals surface area contributed by atoms with Crippen molar-refractivity contribution in [3.8, 4) is 0 Å². The minimum absolute atomic E-state index is 0.0510. The van der Waals surface area contributed by atoms with Crippen LogP contribution in [0.2, 0.25) is 0 Å². The molecule has 0 N–H and O–H groups in total. The predicted molar refractivity (Wildman–Crippen MR) is 128 cm³/mol. The highest BCUT2D eigenvalue weighted by Crippen LogP contribution is 2.67. The average Bonchev–Trinajstić information content (AvgIpc) is 3.07. The van der Waals surface area contributed by atoms with Crippen LogP contribution in [0.15, 0.2) is 11.6 Å². The maximum absolute atomic E-state index is 13.2. The number of allylic oxidation sites excluding steroid dienone is 1. The van der Waals surface area contributed by atoms with E-state index in [2.05, 4.69) is 41.5 Å². The van der Waals surface area contributed by atoms with E-state index in [0.717, 1.165) is 35.7 Å². The molecule has 2 nitrogen and oxygen atoms in total. The Hall–Kier alpha value is -0.920.